The second-order valence-corrected chi connectivity index (χ2v) is 5.80. The van der Waals surface area contributed by atoms with Crippen molar-refractivity contribution in [3.8, 4) is 5.75 Å². The zero-order valence-electron chi connectivity index (χ0n) is 12.2. The molecule has 2 N–H and O–H groups in total. The summed E-state index contributed by atoms with van der Waals surface area (Å²) in [5.41, 5.74) is 0.872. The van der Waals surface area contributed by atoms with E-state index in [1.165, 1.54) is 12.1 Å². The number of nitrogens with one attached hydrogen (secondary N) is 1. The van der Waals surface area contributed by atoms with Crippen molar-refractivity contribution in [1.82, 2.24) is 10.2 Å². The fourth-order valence-electron chi connectivity index (χ4n) is 2.45. The van der Waals surface area contributed by atoms with Gasteiger partial charge in [-0.1, -0.05) is 6.07 Å². The van der Waals surface area contributed by atoms with Crippen LogP contribution in [0.1, 0.15) is 19.4 Å². The molecule has 2 rings (SSSR count). The molecule has 1 aliphatic heterocycles. The first kappa shape index (κ1) is 15.2. The number of aromatic hydroxyl groups is 1. The highest BCUT2D eigenvalue weighted by atomic mass is 19.1. The number of halogens is 1. The lowest BCUT2D eigenvalue weighted by atomic mass is 10.0. The Labute approximate surface area is 119 Å². The van der Waals surface area contributed by atoms with Gasteiger partial charge in [0.05, 0.1) is 13.2 Å². The second-order valence-electron chi connectivity index (χ2n) is 5.80. The van der Waals surface area contributed by atoms with Gasteiger partial charge in [0, 0.05) is 31.7 Å². The molecule has 1 fully saturated rings. The number of morpholine rings is 1. The van der Waals surface area contributed by atoms with Crippen LogP contribution >= 0.6 is 0 Å². The molecule has 1 heterocycles. The van der Waals surface area contributed by atoms with E-state index in [9.17, 15) is 4.39 Å². The minimum Gasteiger partial charge on any atom is -0.505 e. The molecule has 0 aromatic heterocycles. The van der Waals surface area contributed by atoms with E-state index in [0.717, 1.165) is 38.4 Å². The first-order valence-corrected chi connectivity index (χ1v) is 7.00. The van der Waals surface area contributed by atoms with E-state index in [2.05, 4.69) is 24.1 Å². The molecule has 0 saturated carbocycles. The van der Waals surface area contributed by atoms with Crippen molar-refractivity contribution < 1.29 is 14.2 Å². The van der Waals surface area contributed by atoms with Gasteiger partial charge in [-0.15, -0.1) is 0 Å². The summed E-state index contributed by atoms with van der Waals surface area (Å²) >= 11 is 0. The first-order chi connectivity index (χ1) is 9.49. The SMILES string of the molecule is CC(C)(CNCc1ccc(O)c(F)c1)N1CCOCC1. The summed E-state index contributed by atoms with van der Waals surface area (Å²) in [4.78, 5) is 2.40. The molecule has 0 unspecified atom stereocenters. The summed E-state index contributed by atoms with van der Waals surface area (Å²) in [6, 6.07) is 4.48. The standard InChI is InChI=1S/C15H23FN2O2/c1-15(2,18-5-7-20-8-6-18)11-17-10-12-3-4-14(19)13(16)9-12/h3-4,9,17,19H,5-8,10-11H2,1-2H3. The molecule has 0 spiro atoms. The quantitative estimate of drug-likeness (QED) is 0.863. The fourth-order valence-corrected chi connectivity index (χ4v) is 2.45. The molecule has 20 heavy (non-hydrogen) atoms. The Morgan fingerprint density at radius 3 is 2.70 bits per heavy atom. The van der Waals surface area contributed by atoms with Crippen LogP contribution in [0.4, 0.5) is 4.39 Å². The second kappa shape index (κ2) is 6.52. The topological polar surface area (TPSA) is 44.7 Å². The minimum absolute atomic E-state index is 0.0409. The number of benzene rings is 1. The van der Waals surface area contributed by atoms with E-state index in [-0.39, 0.29) is 11.3 Å². The number of phenolic OH excluding ortho intramolecular Hbond substituents is 1. The van der Waals surface area contributed by atoms with Crippen LogP contribution in [0.2, 0.25) is 0 Å². The molecule has 1 aromatic carbocycles. The van der Waals surface area contributed by atoms with Crippen LogP contribution < -0.4 is 5.32 Å². The Hall–Kier alpha value is -1.17. The molecule has 0 radical (unpaired) electrons. The molecular weight excluding hydrogens is 259 g/mol. The van der Waals surface area contributed by atoms with Gasteiger partial charge in [0.2, 0.25) is 0 Å². The Kier molecular flexibility index (Phi) is 4.96. The molecule has 0 amide bonds. The number of hydrogen-bond acceptors (Lipinski definition) is 4. The molecular formula is C15H23FN2O2. The van der Waals surface area contributed by atoms with E-state index in [1.54, 1.807) is 6.07 Å². The summed E-state index contributed by atoms with van der Waals surface area (Å²) in [5.74, 6) is -0.876. The Bertz CT molecular complexity index is 445. The van der Waals surface area contributed by atoms with Crippen LogP contribution in [-0.2, 0) is 11.3 Å². The van der Waals surface area contributed by atoms with E-state index in [1.807, 2.05) is 0 Å². The summed E-state index contributed by atoms with van der Waals surface area (Å²) in [6.07, 6.45) is 0. The Morgan fingerprint density at radius 1 is 1.35 bits per heavy atom. The van der Waals surface area contributed by atoms with Crippen molar-refractivity contribution in [2.75, 3.05) is 32.8 Å². The average molecular weight is 282 g/mol. The normalized spacial score (nSPS) is 17.4. The molecule has 1 aliphatic rings. The average Bonchev–Trinajstić information content (AvgIpc) is 2.44. The predicted molar refractivity (Wildman–Crippen MR) is 76.2 cm³/mol. The fraction of sp³-hybridized carbons (Fsp3) is 0.600. The van der Waals surface area contributed by atoms with E-state index >= 15 is 0 Å². The Balaban J connectivity index is 1.83. The molecule has 112 valence electrons. The molecule has 1 aromatic rings. The number of nitrogens with zero attached hydrogens (tertiary/aromatic N) is 1. The first-order valence-electron chi connectivity index (χ1n) is 7.00. The van der Waals surface area contributed by atoms with Crippen LogP contribution in [0.25, 0.3) is 0 Å². The summed E-state index contributed by atoms with van der Waals surface area (Å²) < 4.78 is 18.6. The van der Waals surface area contributed by atoms with E-state index < -0.39 is 5.82 Å². The molecule has 0 atom stereocenters. The maximum Gasteiger partial charge on any atom is 0.165 e. The highest BCUT2D eigenvalue weighted by molar-refractivity contribution is 5.27. The monoisotopic (exact) mass is 282 g/mol. The van der Waals surface area contributed by atoms with E-state index in [0.29, 0.717) is 6.54 Å². The van der Waals surface area contributed by atoms with Crippen molar-refractivity contribution in [3.63, 3.8) is 0 Å². The summed E-state index contributed by atoms with van der Waals surface area (Å²) in [6.45, 7) is 9.26. The van der Waals surface area contributed by atoms with Crippen LogP contribution in [0, 0.1) is 5.82 Å². The van der Waals surface area contributed by atoms with Gasteiger partial charge in [0.15, 0.2) is 11.6 Å². The van der Waals surface area contributed by atoms with Crippen molar-refractivity contribution in [2.24, 2.45) is 0 Å². The number of rotatable bonds is 5. The summed E-state index contributed by atoms with van der Waals surface area (Å²) in [7, 11) is 0. The lowest BCUT2D eigenvalue weighted by Crippen LogP contribution is -2.54. The van der Waals surface area contributed by atoms with Gasteiger partial charge in [0.25, 0.3) is 0 Å². The number of ether oxygens (including phenoxy) is 1. The highest BCUT2D eigenvalue weighted by Gasteiger charge is 2.27. The van der Waals surface area contributed by atoms with E-state index in [4.69, 9.17) is 9.84 Å². The van der Waals surface area contributed by atoms with Crippen LogP contribution in [0.3, 0.4) is 0 Å². The van der Waals surface area contributed by atoms with Crippen molar-refractivity contribution >= 4 is 0 Å². The smallest absolute Gasteiger partial charge is 0.165 e. The number of hydrogen-bond donors (Lipinski definition) is 2. The largest absolute Gasteiger partial charge is 0.505 e. The lowest BCUT2D eigenvalue weighted by molar-refractivity contribution is -0.00967. The molecule has 5 heteroatoms. The highest BCUT2D eigenvalue weighted by Crippen LogP contribution is 2.17. The van der Waals surface area contributed by atoms with Gasteiger partial charge in [-0.2, -0.15) is 0 Å². The van der Waals surface area contributed by atoms with Gasteiger partial charge in [-0.3, -0.25) is 4.90 Å². The number of phenols is 1. The summed E-state index contributed by atoms with van der Waals surface area (Å²) in [5, 5.41) is 12.5. The Morgan fingerprint density at radius 2 is 2.05 bits per heavy atom. The zero-order valence-corrected chi connectivity index (χ0v) is 12.2. The van der Waals surface area contributed by atoms with Gasteiger partial charge in [-0.05, 0) is 31.5 Å². The van der Waals surface area contributed by atoms with Gasteiger partial charge >= 0.3 is 0 Å². The third-order valence-electron chi connectivity index (χ3n) is 3.77. The maximum atomic E-state index is 13.2. The molecule has 4 nitrogen and oxygen atoms in total. The molecule has 1 saturated heterocycles. The third kappa shape index (κ3) is 3.91. The molecule has 0 aliphatic carbocycles. The zero-order chi connectivity index (χ0) is 14.6. The van der Waals surface area contributed by atoms with Crippen molar-refractivity contribution in [1.29, 1.82) is 0 Å². The molecule has 0 bridgehead atoms. The van der Waals surface area contributed by atoms with Crippen LogP contribution in [0.5, 0.6) is 5.75 Å². The lowest BCUT2D eigenvalue weighted by Gasteiger charge is -2.41. The van der Waals surface area contributed by atoms with Gasteiger partial charge in [-0.25, -0.2) is 4.39 Å². The third-order valence-corrected chi connectivity index (χ3v) is 3.77. The van der Waals surface area contributed by atoms with Gasteiger partial charge in [0.1, 0.15) is 0 Å². The van der Waals surface area contributed by atoms with Crippen LogP contribution in [-0.4, -0.2) is 48.4 Å². The maximum absolute atomic E-state index is 13.2. The predicted octanol–water partition coefficient (Wildman–Crippen LogP) is 1.73. The van der Waals surface area contributed by atoms with Crippen LogP contribution in [0.15, 0.2) is 18.2 Å². The van der Waals surface area contributed by atoms with Crippen molar-refractivity contribution in [3.05, 3.63) is 29.6 Å². The minimum atomic E-state index is -0.572. The van der Waals surface area contributed by atoms with Crippen molar-refractivity contribution in [2.45, 2.75) is 25.9 Å². The van der Waals surface area contributed by atoms with Gasteiger partial charge < -0.3 is 15.2 Å².